The topological polar surface area (TPSA) is 78.4 Å². The molecule has 3 aromatic rings. The second kappa shape index (κ2) is 8.54. The maximum absolute atomic E-state index is 13.7. The first-order valence-corrected chi connectivity index (χ1v) is 8.73. The average Bonchev–Trinajstić information content (AvgIpc) is 2.68. The first-order valence-electron chi connectivity index (χ1n) is 8.35. The molecule has 0 fully saturated rings. The molecule has 3 aromatic carbocycles. The SMILES string of the molecule is O=C(O)c1ccc(NC(=O)c2cc(F)ccc2NCc2ccc(Cl)cc2)cc1. The quantitative estimate of drug-likeness (QED) is 0.543. The summed E-state index contributed by atoms with van der Waals surface area (Å²) in [5.41, 5.74) is 2.06. The van der Waals surface area contributed by atoms with Crippen molar-refractivity contribution in [1.82, 2.24) is 0 Å². The van der Waals surface area contributed by atoms with Crippen LogP contribution in [-0.4, -0.2) is 17.0 Å². The van der Waals surface area contributed by atoms with Crippen LogP contribution in [0.4, 0.5) is 15.8 Å². The molecule has 142 valence electrons. The number of carboxylic acid groups (broad SMARTS) is 1. The normalized spacial score (nSPS) is 10.4. The lowest BCUT2D eigenvalue weighted by atomic mass is 10.1. The Bertz CT molecular complexity index is 1010. The Kier molecular flexibility index (Phi) is 5.91. The van der Waals surface area contributed by atoms with Crippen molar-refractivity contribution in [3.8, 4) is 0 Å². The van der Waals surface area contributed by atoms with Crippen molar-refractivity contribution in [3.63, 3.8) is 0 Å². The maximum Gasteiger partial charge on any atom is 0.335 e. The van der Waals surface area contributed by atoms with Gasteiger partial charge in [0, 0.05) is 22.9 Å². The number of hydrogen-bond acceptors (Lipinski definition) is 3. The van der Waals surface area contributed by atoms with Crippen LogP contribution in [0, 0.1) is 5.82 Å². The van der Waals surface area contributed by atoms with Gasteiger partial charge in [0.1, 0.15) is 5.82 Å². The Morgan fingerprint density at radius 1 is 0.964 bits per heavy atom. The van der Waals surface area contributed by atoms with E-state index >= 15 is 0 Å². The van der Waals surface area contributed by atoms with Gasteiger partial charge in [0.25, 0.3) is 5.91 Å². The first-order chi connectivity index (χ1) is 13.4. The van der Waals surface area contributed by atoms with Gasteiger partial charge in [-0.25, -0.2) is 9.18 Å². The fraction of sp³-hybridized carbons (Fsp3) is 0.0476. The lowest BCUT2D eigenvalue weighted by Gasteiger charge is -2.13. The summed E-state index contributed by atoms with van der Waals surface area (Å²) >= 11 is 5.87. The van der Waals surface area contributed by atoms with Crippen molar-refractivity contribution < 1.29 is 19.1 Å². The van der Waals surface area contributed by atoms with Crippen LogP contribution in [-0.2, 0) is 6.54 Å². The van der Waals surface area contributed by atoms with Crippen molar-refractivity contribution in [2.24, 2.45) is 0 Å². The highest BCUT2D eigenvalue weighted by molar-refractivity contribution is 6.30. The second-order valence-corrected chi connectivity index (χ2v) is 6.44. The van der Waals surface area contributed by atoms with E-state index in [9.17, 15) is 14.0 Å². The van der Waals surface area contributed by atoms with Crippen LogP contribution in [0.3, 0.4) is 0 Å². The fourth-order valence-corrected chi connectivity index (χ4v) is 2.68. The Morgan fingerprint density at radius 3 is 2.29 bits per heavy atom. The molecule has 3 rings (SSSR count). The Labute approximate surface area is 165 Å². The number of carbonyl (C=O) groups is 2. The van der Waals surface area contributed by atoms with Crippen molar-refractivity contribution >= 4 is 34.9 Å². The molecule has 0 aliphatic rings. The Balaban J connectivity index is 1.76. The molecular formula is C21H16ClFN2O3. The van der Waals surface area contributed by atoms with E-state index < -0.39 is 17.7 Å². The zero-order valence-electron chi connectivity index (χ0n) is 14.6. The van der Waals surface area contributed by atoms with Crippen LogP contribution >= 0.6 is 11.6 Å². The molecule has 0 aliphatic heterocycles. The molecule has 0 heterocycles. The van der Waals surface area contributed by atoms with Crippen LogP contribution in [0.5, 0.6) is 0 Å². The lowest BCUT2D eigenvalue weighted by Crippen LogP contribution is -2.15. The lowest BCUT2D eigenvalue weighted by molar-refractivity contribution is 0.0696. The molecule has 0 saturated carbocycles. The van der Waals surface area contributed by atoms with E-state index in [0.29, 0.717) is 22.9 Å². The predicted molar refractivity (Wildman–Crippen MR) is 107 cm³/mol. The van der Waals surface area contributed by atoms with Gasteiger partial charge in [0.15, 0.2) is 0 Å². The number of halogens is 2. The van der Waals surface area contributed by atoms with Crippen LogP contribution in [0.2, 0.25) is 5.02 Å². The molecule has 5 nitrogen and oxygen atoms in total. The number of rotatable bonds is 6. The van der Waals surface area contributed by atoms with E-state index in [1.165, 1.54) is 36.4 Å². The number of aromatic carboxylic acids is 1. The smallest absolute Gasteiger partial charge is 0.335 e. The summed E-state index contributed by atoms with van der Waals surface area (Å²) < 4.78 is 13.7. The minimum absolute atomic E-state index is 0.106. The van der Waals surface area contributed by atoms with Crippen LogP contribution in [0.25, 0.3) is 0 Å². The minimum Gasteiger partial charge on any atom is -0.478 e. The molecule has 0 unspecified atom stereocenters. The molecule has 0 bridgehead atoms. The monoisotopic (exact) mass is 398 g/mol. The van der Waals surface area contributed by atoms with E-state index in [4.69, 9.17) is 16.7 Å². The van der Waals surface area contributed by atoms with E-state index in [-0.39, 0.29) is 11.1 Å². The van der Waals surface area contributed by atoms with E-state index in [1.54, 1.807) is 12.1 Å². The van der Waals surface area contributed by atoms with Crippen molar-refractivity contribution in [3.05, 3.63) is 94.3 Å². The minimum atomic E-state index is -1.06. The third-order valence-electron chi connectivity index (χ3n) is 4.01. The highest BCUT2D eigenvalue weighted by Crippen LogP contribution is 2.21. The maximum atomic E-state index is 13.7. The van der Waals surface area contributed by atoms with Crippen molar-refractivity contribution in [1.29, 1.82) is 0 Å². The van der Waals surface area contributed by atoms with Gasteiger partial charge in [-0.1, -0.05) is 23.7 Å². The van der Waals surface area contributed by atoms with Gasteiger partial charge in [-0.2, -0.15) is 0 Å². The number of benzene rings is 3. The van der Waals surface area contributed by atoms with E-state index in [0.717, 1.165) is 11.6 Å². The summed E-state index contributed by atoms with van der Waals surface area (Å²) in [4.78, 5) is 23.5. The van der Waals surface area contributed by atoms with E-state index in [1.807, 2.05) is 12.1 Å². The van der Waals surface area contributed by atoms with Gasteiger partial charge in [0.2, 0.25) is 0 Å². The summed E-state index contributed by atoms with van der Waals surface area (Å²) in [5, 5.41) is 15.3. The molecule has 0 atom stereocenters. The molecule has 28 heavy (non-hydrogen) atoms. The number of hydrogen-bond donors (Lipinski definition) is 3. The van der Waals surface area contributed by atoms with Crippen LogP contribution < -0.4 is 10.6 Å². The number of anilines is 2. The van der Waals surface area contributed by atoms with Gasteiger partial charge in [-0.05, 0) is 60.2 Å². The highest BCUT2D eigenvalue weighted by Gasteiger charge is 2.14. The van der Waals surface area contributed by atoms with Crippen molar-refractivity contribution in [2.45, 2.75) is 6.54 Å². The van der Waals surface area contributed by atoms with Gasteiger partial charge < -0.3 is 15.7 Å². The van der Waals surface area contributed by atoms with Gasteiger partial charge in [-0.15, -0.1) is 0 Å². The summed E-state index contributed by atoms with van der Waals surface area (Å²) in [6.45, 7) is 0.427. The molecule has 0 aromatic heterocycles. The largest absolute Gasteiger partial charge is 0.478 e. The van der Waals surface area contributed by atoms with E-state index in [2.05, 4.69) is 10.6 Å². The average molecular weight is 399 g/mol. The molecule has 7 heteroatoms. The van der Waals surface area contributed by atoms with Crippen LogP contribution in [0.1, 0.15) is 26.3 Å². The van der Waals surface area contributed by atoms with Gasteiger partial charge >= 0.3 is 5.97 Å². The number of nitrogens with one attached hydrogen (secondary N) is 2. The summed E-state index contributed by atoms with van der Waals surface area (Å²) in [5.74, 6) is -2.11. The molecule has 3 N–H and O–H groups in total. The molecule has 0 radical (unpaired) electrons. The molecule has 1 amide bonds. The molecule has 0 aliphatic carbocycles. The third kappa shape index (κ3) is 4.86. The number of carbonyl (C=O) groups excluding carboxylic acids is 1. The Morgan fingerprint density at radius 2 is 1.64 bits per heavy atom. The second-order valence-electron chi connectivity index (χ2n) is 6.01. The Hall–Kier alpha value is -3.38. The zero-order valence-corrected chi connectivity index (χ0v) is 15.3. The standard InChI is InChI=1S/C21H16ClFN2O3/c22-15-5-1-13(2-6-15)12-24-19-10-7-16(23)11-18(19)20(26)25-17-8-3-14(4-9-17)21(27)28/h1-11,24H,12H2,(H,25,26)(H,27,28). The molecule has 0 spiro atoms. The highest BCUT2D eigenvalue weighted by atomic mass is 35.5. The zero-order chi connectivity index (χ0) is 20.1. The fourth-order valence-electron chi connectivity index (χ4n) is 2.55. The summed E-state index contributed by atoms with van der Waals surface area (Å²) in [7, 11) is 0. The number of amides is 1. The van der Waals surface area contributed by atoms with Crippen molar-refractivity contribution in [2.75, 3.05) is 10.6 Å². The summed E-state index contributed by atoms with van der Waals surface area (Å²) in [6, 6.07) is 16.8. The predicted octanol–water partition coefficient (Wildman–Crippen LogP) is 5.04. The third-order valence-corrected chi connectivity index (χ3v) is 4.26. The summed E-state index contributed by atoms with van der Waals surface area (Å²) in [6.07, 6.45) is 0. The number of carboxylic acids is 1. The molecule has 0 saturated heterocycles. The van der Waals surface area contributed by atoms with Crippen LogP contribution in [0.15, 0.2) is 66.7 Å². The first kappa shape index (κ1) is 19.4. The van der Waals surface area contributed by atoms with Gasteiger partial charge in [0.05, 0.1) is 11.1 Å². The molecular weight excluding hydrogens is 383 g/mol. The van der Waals surface area contributed by atoms with Gasteiger partial charge in [-0.3, -0.25) is 4.79 Å².